The number of methoxy groups -OCH3 is 1. The smallest absolute Gasteiger partial charge is 0.310 e. The van der Waals surface area contributed by atoms with Gasteiger partial charge >= 0.3 is 5.97 Å². The number of benzene rings is 2. The fraction of sp³-hybridized carbons (Fsp3) is 0.211. The SMILES string of the molecule is COC(=O)[C@H](Cc1ccccc1)CN1C(=O)c2ccccc2C1=O. The molecule has 1 aliphatic rings. The first-order chi connectivity index (χ1) is 11.6. The van der Waals surface area contributed by atoms with Gasteiger partial charge in [0, 0.05) is 6.54 Å². The standard InChI is InChI=1S/C19H17NO4/c1-24-19(23)14(11-13-7-3-2-4-8-13)12-20-17(21)15-9-5-6-10-16(15)18(20)22/h2-10,14H,11-12H2,1H3/t14-/m1/s1. The van der Waals surface area contributed by atoms with Crippen LogP contribution in [0.3, 0.4) is 0 Å². The number of amides is 2. The van der Waals surface area contributed by atoms with Gasteiger partial charge in [-0.05, 0) is 24.1 Å². The van der Waals surface area contributed by atoms with Crippen molar-refractivity contribution in [3.63, 3.8) is 0 Å². The largest absolute Gasteiger partial charge is 0.469 e. The van der Waals surface area contributed by atoms with Gasteiger partial charge < -0.3 is 4.74 Å². The van der Waals surface area contributed by atoms with Crippen LogP contribution in [0.2, 0.25) is 0 Å². The highest BCUT2D eigenvalue weighted by atomic mass is 16.5. The van der Waals surface area contributed by atoms with Crippen LogP contribution in [0.25, 0.3) is 0 Å². The molecule has 5 nitrogen and oxygen atoms in total. The molecule has 1 atom stereocenters. The van der Waals surface area contributed by atoms with Gasteiger partial charge in [-0.2, -0.15) is 0 Å². The molecule has 0 aliphatic carbocycles. The van der Waals surface area contributed by atoms with E-state index in [9.17, 15) is 14.4 Å². The van der Waals surface area contributed by atoms with Crippen LogP contribution in [0.5, 0.6) is 0 Å². The van der Waals surface area contributed by atoms with Crippen molar-refractivity contribution in [2.45, 2.75) is 6.42 Å². The summed E-state index contributed by atoms with van der Waals surface area (Å²) in [4.78, 5) is 38.2. The zero-order valence-corrected chi connectivity index (χ0v) is 13.3. The number of hydrogen-bond acceptors (Lipinski definition) is 4. The molecule has 3 rings (SSSR count). The van der Waals surface area contributed by atoms with Gasteiger partial charge in [0.25, 0.3) is 11.8 Å². The molecule has 2 aromatic carbocycles. The molecule has 0 bridgehead atoms. The van der Waals surface area contributed by atoms with Gasteiger partial charge in [0.15, 0.2) is 0 Å². The highest BCUT2D eigenvalue weighted by Crippen LogP contribution is 2.24. The third-order valence-electron chi connectivity index (χ3n) is 4.14. The van der Waals surface area contributed by atoms with Crippen molar-refractivity contribution in [2.24, 2.45) is 5.92 Å². The lowest BCUT2D eigenvalue weighted by molar-refractivity contribution is -0.145. The second-order valence-corrected chi connectivity index (χ2v) is 5.68. The quantitative estimate of drug-likeness (QED) is 0.626. The van der Waals surface area contributed by atoms with Crippen molar-refractivity contribution in [3.05, 3.63) is 71.3 Å². The Bertz CT molecular complexity index is 750. The Kier molecular flexibility index (Phi) is 4.42. The first kappa shape index (κ1) is 15.9. The molecule has 5 heteroatoms. The Morgan fingerprint density at radius 1 is 0.958 bits per heavy atom. The summed E-state index contributed by atoms with van der Waals surface area (Å²) in [7, 11) is 1.31. The van der Waals surface area contributed by atoms with Crippen molar-refractivity contribution < 1.29 is 19.1 Å². The molecular formula is C19H17NO4. The average molecular weight is 323 g/mol. The summed E-state index contributed by atoms with van der Waals surface area (Å²) >= 11 is 0. The summed E-state index contributed by atoms with van der Waals surface area (Å²) < 4.78 is 4.85. The lowest BCUT2D eigenvalue weighted by Crippen LogP contribution is -2.38. The number of fused-ring (bicyclic) bond motifs is 1. The van der Waals surface area contributed by atoms with Gasteiger partial charge in [-0.3, -0.25) is 19.3 Å². The molecular weight excluding hydrogens is 306 g/mol. The van der Waals surface area contributed by atoms with E-state index < -0.39 is 11.9 Å². The van der Waals surface area contributed by atoms with Crippen LogP contribution >= 0.6 is 0 Å². The third-order valence-corrected chi connectivity index (χ3v) is 4.14. The third kappa shape index (κ3) is 2.93. The Morgan fingerprint density at radius 2 is 1.50 bits per heavy atom. The van der Waals surface area contributed by atoms with Crippen LogP contribution in [0.1, 0.15) is 26.3 Å². The van der Waals surface area contributed by atoms with Crippen LogP contribution in [-0.4, -0.2) is 36.3 Å². The summed E-state index contributed by atoms with van der Waals surface area (Å²) in [5.74, 6) is -1.76. The normalized spacial score (nSPS) is 14.5. The maximum atomic E-state index is 12.5. The molecule has 2 aromatic rings. The average Bonchev–Trinajstić information content (AvgIpc) is 2.86. The second-order valence-electron chi connectivity index (χ2n) is 5.68. The lowest BCUT2D eigenvalue weighted by atomic mass is 9.99. The van der Waals surface area contributed by atoms with E-state index in [-0.39, 0.29) is 18.4 Å². The van der Waals surface area contributed by atoms with E-state index in [0.29, 0.717) is 17.5 Å². The van der Waals surface area contributed by atoms with Gasteiger partial charge in [-0.25, -0.2) is 0 Å². The van der Waals surface area contributed by atoms with Crippen molar-refractivity contribution in [1.29, 1.82) is 0 Å². The van der Waals surface area contributed by atoms with Crippen molar-refractivity contribution >= 4 is 17.8 Å². The molecule has 122 valence electrons. The fourth-order valence-electron chi connectivity index (χ4n) is 2.91. The fourth-order valence-corrected chi connectivity index (χ4v) is 2.91. The molecule has 0 aromatic heterocycles. The van der Waals surface area contributed by atoms with E-state index in [1.54, 1.807) is 24.3 Å². The monoisotopic (exact) mass is 323 g/mol. The first-order valence-corrected chi connectivity index (χ1v) is 7.68. The van der Waals surface area contributed by atoms with Gasteiger partial charge in [0.1, 0.15) is 0 Å². The van der Waals surface area contributed by atoms with Gasteiger partial charge in [-0.1, -0.05) is 42.5 Å². The molecule has 2 amide bonds. The molecule has 0 saturated heterocycles. The molecule has 1 aliphatic heterocycles. The number of imide groups is 1. The summed E-state index contributed by atoms with van der Waals surface area (Å²) in [5, 5.41) is 0. The van der Waals surface area contributed by atoms with Gasteiger partial charge in [0.05, 0.1) is 24.2 Å². The van der Waals surface area contributed by atoms with Crippen LogP contribution in [0, 0.1) is 5.92 Å². The zero-order chi connectivity index (χ0) is 17.1. The first-order valence-electron chi connectivity index (χ1n) is 7.68. The maximum absolute atomic E-state index is 12.5. The number of esters is 1. The van der Waals surface area contributed by atoms with E-state index in [4.69, 9.17) is 4.74 Å². The summed E-state index contributed by atoms with van der Waals surface area (Å²) in [6, 6.07) is 16.1. The topological polar surface area (TPSA) is 63.7 Å². The highest BCUT2D eigenvalue weighted by Gasteiger charge is 2.37. The zero-order valence-electron chi connectivity index (χ0n) is 13.3. The summed E-state index contributed by atoms with van der Waals surface area (Å²) in [5.41, 5.74) is 1.71. The Hall–Kier alpha value is -2.95. The van der Waals surface area contributed by atoms with Crippen molar-refractivity contribution in [1.82, 2.24) is 4.90 Å². The lowest BCUT2D eigenvalue weighted by Gasteiger charge is -2.21. The molecule has 1 heterocycles. The van der Waals surface area contributed by atoms with Gasteiger partial charge in [0.2, 0.25) is 0 Å². The number of ether oxygens (including phenoxy) is 1. The van der Waals surface area contributed by atoms with E-state index in [2.05, 4.69) is 0 Å². The van der Waals surface area contributed by atoms with Crippen LogP contribution in [0.15, 0.2) is 54.6 Å². The second kappa shape index (κ2) is 6.66. The molecule has 0 radical (unpaired) electrons. The number of rotatable bonds is 5. The Morgan fingerprint density at radius 3 is 2.04 bits per heavy atom. The number of hydrogen-bond donors (Lipinski definition) is 0. The van der Waals surface area contributed by atoms with Crippen LogP contribution in [-0.2, 0) is 16.0 Å². The Labute approximate surface area is 139 Å². The van der Waals surface area contributed by atoms with Crippen molar-refractivity contribution in [2.75, 3.05) is 13.7 Å². The molecule has 24 heavy (non-hydrogen) atoms. The van der Waals surface area contributed by atoms with E-state index in [1.165, 1.54) is 7.11 Å². The van der Waals surface area contributed by atoms with Gasteiger partial charge in [-0.15, -0.1) is 0 Å². The molecule has 0 unspecified atom stereocenters. The molecule has 0 saturated carbocycles. The molecule has 0 N–H and O–H groups in total. The number of nitrogens with zero attached hydrogens (tertiary/aromatic N) is 1. The van der Waals surface area contributed by atoms with E-state index in [0.717, 1.165) is 10.5 Å². The highest BCUT2D eigenvalue weighted by molar-refractivity contribution is 6.21. The predicted molar refractivity (Wildman–Crippen MR) is 87.5 cm³/mol. The predicted octanol–water partition coefficient (Wildman–Crippen LogP) is 2.31. The van der Waals surface area contributed by atoms with Crippen LogP contribution < -0.4 is 0 Å². The summed E-state index contributed by atoms with van der Waals surface area (Å²) in [6.45, 7) is 0.00785. The molecule has 0 fully saturated rings. The minimum absolute atomic E-state index is 0.00785. The number of carbonyl (C=O) groups excluding carboxylic acids is 3. The maximum Gasteiger partial charge on any atom is 0.310 e. The minimum Gasteiger partial charge on any atom is -0.469 e. The minimum atomic E-state index is -0.598. The van der Waals surface area contributed by atoms with Crippen molar-refractivity contribution in [3.8, 4) is 0 Å². The molecule has 0 spiro atoms. The Balaban J connectivity index is 1.82. The summed E-state index contributed by atoms with van der Waals surface area (Å²) in [6.07, 6.45) is 0.404. The van der Waals surface area contributed by atoms with E-state index >= 15 is 0 Å². The van der Waals surface area contributed by atoms with E-state index in [1.807, 2.05) is 30.3 Å². The van der Waals surface area contributed by atoms with Crippen LogP contribution in [0.4, 0.5) is 0 Å². The number of carbonyl (C=O) groups is 3.